The number of pyridine rings is 1. The Balaban J connectivity index is 1.38. The van der Waals surface area contributed by atoms with Crippen molar-refractivity contribution >= 4 is 22.7 Å². The number of aryl methyl sites for hydroxylation is 1. The summed E-state index contributed by atoms with van der Waals surface area (Å²) in [5.41, 5.74) is 1.64. The SMILES string of the molecule is Cc1cc(N(C2CC2)C2CCN(c3nc4cnccc4c(=O)n3C)CC2)ncn1. The molecule has 0 bridgehead atoms. The molecule has 4 heterocycles. The third kappa shape index (κ3) is 3.32. The van der Waals surface area contributed by atoms with Gasteiger partial charge in [-0.3, -0.25) is 14.3 Å². The Morgan fingerprint density at radius 1 is 1.10 bits per heavy atom. The van der Waals surface area contributed by atoms with Gasteiger partial charge in [0, 0.05) is 50.2 Å². The summed E-state index contributed by atoms with van der Waals surface area (Å²) < 4.78 is 1.66. The number of nitrogens with zero attached hydrogens (tertiary/aromatic N) is 7. The zero-order valence-electron chi connectivity index (χ0n) is 16.8. The largest absolute Gasteiger partial charge is 0.350 e. The molecular weight excluding hydrogens is 366 g/mol. The Morgan fingerprint density at radius 2 is 1.86 bits per heavy atom. The van der Waals surface area contributed by atoms with Crippen LogP contribution in [0.5, 0.6) is 0 Å². The van der Waals surface area contributed by atoms with Gasteiger partial charge in [0.15, 0.2) is 0 Å². The van der Waals surface area contributed by atoms with Crippen molar-refractivity contribution in [2.75, 3.05) is 22.9 Å². The highest BCUT2D eigenvalue weighted by Gasteiger charge is 2.37. The maximum absolute atomic E-state index is 12.7. The summed E-state index contributed by atoms with van der Waals surface area (Å²) in [6.07, 6.45) is 9.46. The number of hydrogen-bond donors (Lipinski definition) is 0. The van der Waals surface area contributed by atoms with E-state index < -0.39 is 0 Å². The molecule has 8 heteroatoms. The van der Waals surface area contributed by atoms with Crippen LogP contribution in [0.15, 0.2) is 35.6 Å². The van der Waals surface area contributed by atoms with Gasteiger partial charge in [-0.25, -0.2) is 15.0 Å². The molecule has 0 spiro atoms. The fraction of sp³-hybridized carbons (Fsp3) is 0.476. The third-order valence-electron chi connectivity index (χ3n) is 5.99. The first-order valence-electron chi connectivity index (χ1n) is 10.2. The van der Waals surface area contributed by atoms with Gasteiger partial charge in [0.25, 0.3) is 5.56 Å². The van der Waals surface area contributed by atoms with Gasteiger partial charge < -0.3 is 9.80 Å². The number of anilines is 2. The summed E-state index contributed by atoms with van der Waals surface area (Å²) >= 11 is 0. The standard InChI is InChI=1S/C21H25N7O/c1-14-11-19(24-13-23-14)28(15-3-4-15)16-6-9-27(10-7-16)21-25-18-12-22-8-5-17(18)20(29)26(21)2/h5,8,11-13,15-16H,3-4,6-7,9-10H2,1-2H3. The molecule has 3 aromatic rings. The topological polar surface area (TPSA) is 80.0 Å². The first kappa shape index (κ1) is 18.0. The van der Waals surface area contributed by atoms with Gasteiger partial charge in [0.1, 0.15) is 12.1 Å². The van der Waals surface area contributed by atoms with E-state index in [9.17, 15) is 4.79 Å². The van der Waals surface area contributed by atoms with Gasteiger partial charge in [-0.2, -0.15) is 0 Å². The van der Waals surface area contributed by atoms with Gasteiger partial charge in [0.05, 0.1) is 17.1 Å². The smallest absolute Gasteiger partial charge is 0.262 e. The summed E-state index contributed by atoms with van der Waals surface area (Å²) in [7, 11) is 1.80. The van der Waals surface area contributed by atoms with Crippen LogP contribution >= 0.6 is 0 Å². The van der Waals surface area contributed by atoms with E-state index in [0.717, 1.165) is 43.4 Å². The Hall–Kier alpha value is -3.03. The molecule has 0 aromatic carbocycles. The maximum Gasteiger partial charge on any atom is 0.262 e. The van der Waals surface area contributed by atoms with Crippen LogP contribution in [0.4, 0.5) is 11.8 Å². The zero-order valence-corrected chi connectivity index (χ0v) is 16.8. The van der Waals surface area contributed by atoms with Crippen molar-refractivity contribution < 1.29 is 0 Å². The van der Waals surface area contributed by atoms with Crippen molar-refractivity contribution in [2.24, 2.45) is 7.05 Å². The molecule has 2 fully saturated rings. The number of aromatic nitrogens is 5. The van der Waals surface area contributed by atoms with Gasteiger partial charge in [0.2, 0.25) is 5.95 Å². The number of rotatable bonds is 4. The molecular formula is C21H25N7O. The third-order valence-corrected chi connectivity index (χ3v) is 5.99. The highest BCUT2D eigenvalue weighted by atomic mass is 16.1. The predicted octanol–water partition coefficient (Wildman–Crippen LogP) is 2.06. The van der Waals surface area contributed by atoms with Gasteiger partial charge >= 0.3 is 0 Å². The van der Waals surface area contributed by atoms with Crippen molar-refractivity contribution in [2.45, 2.75) is 44.7 Å². The lowest BCUT2D eigenvalue weighted by atomic mass is 10.0. The van der Waals surface area contributed by atoms with Crippen LogP contribution in [0.2, 0.25) is 0 Å². The lowest BCUT2D eigenvalue weighted by molar-refractivity contribution is 0.452. The first-order valence-corrected chi connectivity index (χ1v) is 10.2. The number of fused-ring (bicyclic) bond motifs is 1. The van der Waals surface area contributed by atoms with E-state index in [1.165, 1.54) is 12.8 Å². The van der Waals surface area contributed by atoms with Crippen LogP contribution < -0.4 is 15.4 Å². The molecule has 0 unspecified atom stereocenters. The summed E-state index contributed by atoms with van der Waals surface area (Å²) in [4.78, 5) is 35.1. The molecule has 0 N–H and O–H groups in total. The van der Waals surface area contributed by atoms with Crippen LogP contribution in [0.1, 0.15) is 31.4 Å². The summed E-state index contributed by atoms with van der Waals surface area (Å²) in [5, 5.41) is 0.611. The summed E-state index contributed by atoms with van der Waals surface area (Å²) in [6.45, 7) is 3.74. The molecule has 1 aliphatic carbocycles. The average molecular weight is 391 g/mol. The van der Waals surface area contributed by atoms with E-state index in [0.29, 0.717) is 23.0 Å². The van der Waals surface area contributed by atoms with Crippen molar-refractivity contribution in [1.29, 1.82) is 0 Å². The highest BCUT2D eigenvalue weighted by Crippen LogP contribution is 2.35. The lowest BCUT2D eigenvalue weighted by Gasteiger charge is -2.40. The zero-order chi connectivity index (χ0) is 20.0. The average Bonchev–Trinajstić information content (AvgIpc) is 3.57. The Morgan fingerprint density at radius 3 is 2.59 bits per heavy atom. The van der Waals surface area contributed by atoms with Crippen LogP contribution in [-0.4, -0.2) is 49.7 Å². The maximum atomic E-state index is 12.7. The number of hydrogen-bond acceptors (Lipinski definition) is 7. The normalized spacial score (nSPS) is 17.7. The van der Waals surface area contributed by atoms with E-state index >= 15 is 0 Å². The molecule has 8 nitrogen and oxygen atoms in total. The summed E-state index contributed by atoms with van der Waals surface area (Å²) in [5.74, 6) is 1.77. The van der Waals surface area contributed by atoms with Gasteiger partial charge in [-0.15, -0.1) is 0 Å². The molecule has 0 atom stereocenters. The molecule has 150 valence electrons. The van der Waals surface area contributed by atoms with Crippen molar-refractivity contribution in [1.82, 2.24) is 24.5 Å². The molecule has 2 aliphatic rings. The van der Waals surface area contributed by atoms with E-state index in [2.05, 4.69) is 30.8 Å². The monoisotopic (exact) mass is 391 g/mol. The minimum atomic E-state index is -0.0226. The molecule has 29 heavy (non-hydrogen) atoms. The Labute approximate surface area is 169 Å². The predicted molar refractivity (Wildman–Crippen MR) is 112 cm³/mol. The van der Waals surface area contributed by atoms with Crippen LogP contribution in [0, 0.1) is 6.92 Å². The van der Waals surface area contributed by atoms with E-state index in [1.807, 2.05) is 6.92 Å². The summed E-state index contributed by atoms with van der Waals surface area (Å²) in [6, 6.07) is 4.87. The van der Waals surface area contributed by atoms with E-state index in [-0.39, 0.29) is 5.56 Å². The van der Waals surface area contributed by atoms with Crippen molar-refractivity contribution in [3.05, 3.63) is 46.9 Å². The second kappa shape index (κ2) is 7.09. The molecule has 1 saturated carbocycles. The van der Waals surface area contributed by atoms with Crippen molar-refractivity contribution in [3.8, 4) is 0 Å². The van der Waals surface area contributed by atoms with Crippen LogP contribution in [0.3, 0.4) is 0 Å². The molecule has 3 aromatic heterocycles. The Bertz CT molecular complexity index is 1100. The second-order valence-electron chi connectivity index (χ2n) is 8.04. The fourth-order valence-corrected chi connectivity index (χ4v) is 4.34. The quantitative estimate of drug-likeness (QED) is 0.673. The Kier molecular flexibility index (Phi) is 4.41. The lowest BCUT2D eigenvalue weighted by Crippen LogP contribution is -2.47. The minimum absolute atomic E-state index is 0.0226. The highest BCUT2D eigenvalue weighted by molar-refractivity contribution is 5.77. The molecule has 0 amide bonds. The molecule has 1 saturated heterocycles. The molecule has 1 aliphatic heterocycles. The van der Waals surface area contributed by atoms with Gasteiger partial charge in [-0.1, -0.05) is 0 Å². The first-order chi connectivity index (χ1) is 14.1. The molecule has 0 radical (unpaired) electrons. The van der Waals surface area contributed by atoms with E-state index in [4.69, 9.17) is 4.98 Å². The fourth-order valence-electron chi connectivity index (χ4n) is 4.34. The number of piperidine rings is 1. The minimum Gasteiger partial charge on any atom is -0.350 e. The van der Waals surface area contributed by atoms with Crippen LogP contribution in [0.25, 0.3) is 10.9 Å². The van der Waals surface area contributed by atoms with Gasteiger partial charge in [-0.05, 0) is 38.7 Å². The second-order valence-corrected chi connectivity index (χ2v) is 8.04. The van der Waals surface area contributed by atoms with Crippen molar-refractivity contribution in [3.63, 3.8) is 0 Å². The van der Waals surface area contributed by atoms with Crippen LogP contribution in [-0.2, 0) is 7.05 Å². The molecule has 5 rings (SSSR count). The van der Waals surface area contributed by atoms with E-state index in [1.54, 1.807) is 36.4 Å².